The van der Waals surface area contributed by atoms with Gasteiger partial charge in [-0.25, -0.2) is 0 Å². The fourth-order valence-corrected chi connectivity index (χ4v) is 5.10. The van der Waals surface area contributed by atoms with Crippen molar-refractivity contribution in [3.63, 3.8) is 0 Å². The van der Waals surface area contributed by atoms with E-state index in [1.54, 1.807) is 13.8 Å². The molecular formula is C34H59N7O9. The van der Waals surface area contributed by atoms with Crippen molar-refractivity contribution in [2.45, 2.75) is 136 Å². The Morgan fingerprint density at radius 3 is 1.90 bits per heavy atom. The second kappa shape index (κ2) is 21.8. The highest BCUT2D eigenvalue weighted by Crippen LogP contribution is 2.33. The standard InChI is InChI=1S/C34H59N7O9/c1-8-10-25(39-33(48)28(19(5)9-2)41-30(45)24(35)13-14-27(42)43)31(46)38-23(15-18(3)4)17-36-20(6)29(44)40-26(16-22-11-12-22)32(47)37-21(7)34(49)50/h13,18-23,25-26,28,36H,8-12,14-17,35H2,1-7H3,(H,37,47)(H,38,46)(H,39,48)(H,40,44)(H,41,45)(H,42,43)(H,49,50)/b24-13+/t19-,20-,21-,23-,25-,26-,28-/m0/s1. The average Bonchev–Trinajstić information content (AvgIpc) is 3.87. The Kier molecular flexibility index (Phi) is 19.1. The first-order valence-corrected chi connectivity index (χ1v) is 17.6. The summed E-state index contributed by atoms with van der Waals surface area (Å²) in [7, 11) is 0. The minimum atomic E-state index is -1.18. The number of carboxylic acid groups (broad SMARTS) is 2. The summed E-state index contributed by atoms with van der Waals surface area (Å²) in [6.45, 7) is 12.6. The van der Waals surface area contributed by atoms with E-state index in [-0.39, 0.29) is 30.0 Å². The lowest BCUT2D eigenvalue weighted by molar-refractivity contribution is -0.141. The Morgan fingerprint density at radius 2 is 1.38 bits per heavy atom. The van der Waals surface area contributed by atoms with Gasteiger partial charge in [-0.05, 0) is 56.9 Å². The summed E-state index contributed by atoms with van der Waals surface area (Å²) in [5.74, 6) is -5.06. The highest BCUT2D eigenvalue weighted by atomic mass is 16.4. The van der Waals surface area contributed by atoms with Crippen LogP contribution in [0.15, 0.2) is 11.8 Å². The van der Waals surface area contributed by atoms with Gasteiger partial charge >= 0.3 is 11.9 Å². The Hall–Kier alpha value is -4.21. The third kappa shape index (κ3) is 16.5. The highest BCUT2D eigenvalue weighted by molar-refractivity contribution is 5.98. The number of carboxylic acids is 2. The summed E-state index contributed by atoms with van der Waals surface area (Å²) < 4.78 is 0. The molecule has 0 unspecified atom stereocenters. The maximum absolute atomic E-state index is 13.6. The molecule has 50 heavy (non-hydrogen) atoms. The number of carbonyl (C=O) groups excluding carboxylic acids is 5. The summed E-state index contributed by atoms with van der Waals surface area (Å²) in [4.78, 5) is 87.6. The van der Waals surface area contributed by atoms with Gasteiger partial charge in [-0.3, -0.25) is 33.6 Å². The second-order valence-electron chi connectivity index (χ2n) is 13.7. The van der Waals surface area contributed by atoms with Gasteiger partial charge in [-0.1, -0.05) is 60.3 Å². The van der Waals surface area contributed by atoms with Crippen molar-refractivity contribution in [3.8, 4) is 0 Å². The van der Waals surface area contributed by atoms with Crippen LogP contribution in [-0.4, -0.2) is 94.5 Å². The molecule has 0 heterocycles. The number of rotatable bonds is 24. The lowest BCUT2D eigenvalue weighted by Gasteiger charge is -2.29. The first-order chi connectivity index (χ1) is 23.4. The molecule has 5 amide bonds. The third-order valence-corrected chi connectivity index (χ3v) is 8.55. The first kappa shape index (κ1) is 43.8. The second-order valence-corrected chi connectivity index (χ2v) is 13.7. The molecule has 16 heteroatoms. The van der Waals surface area contributed by atoms with Crippen molar-refractivity contribution in [2.75, 3.05) is 6.54 Å². The van der Waals surface area contributed by atoms with Gasteiger partial charge in [0.2, 0.25) is 23.6 Å². The number of nitrogens with two attached hydrogens (primary N) is 1. The monoisotopic (exact) mass is 709 g/mol. The molecule has 0 aromatic carbocycles. The molecule has 10 N–H and O–H groups in total. The Labute approximate surface area is 294 Å². The van der Waals surface area contributed by atoms with E-state index in [0.29, 0.717) is 32.1 Å². The van der Waals surface area contributed by atoms with E-state index in [0.717, 1.165) is 18.9 Å². The van der Waals surface area contributed by atoms with Gasteiger partial charge in [0, 0.05) is 12.6 Å². The van der Waals surface area contributed by atoms with Crippen molar-refractivity contribution in [3.05, 3.63) is 11.8 Å². The number of aliphatic carboxylic acids is 2. The van der Waals surface area contributed by atoms with Crippen LogP contribution in [0.3, 0.4) is 0 Å². The van der Waals surface area contributed by atoms with Crippen LogP contribution < -0.4 is 37.6 Å². The van der Waals surface area contributed by atoms with Crippen molar-refractivity contribution in [1.82, 2.24) is 31.9 Å². The van der Waals surface area contributed by atoms with Gasteiger partial charge in [0.15, 0.2) is 0 Å². The van der Waals surface area contributed by atoms with Gasteiger partial charge in [-0.2, -0.15) is 0 Å². The minimum absolute atomic E-state index is 0.165. The molecule has 0 aliphatic heterocycles. The van der Waals surface area contributed by atoms with Crippen LogP contribution in [-0.2, 0) is 33.6 Å². The molecule has 0 saturated heterocycles. The predicted molar refractivity (Wildman–Crippen MR) is 186 cm³/mol. The van der Waals surface area contributed by atoms with Crippen LogP contribution >= 0.6 is 0 Å². The van der Waals surface area contributed by atoms with Gasteiger partial charge in [0.1, 0.15) is 24.2 Å². The van der Waals surface area contributed by atoms with Crippen molar-refractivity contribution in [2.24, 2.45) is 23.5 Å². The average molecular weight is 710 g/mol. The zero-order valence-electron chi connectivity index (χ0n) is 30.5. The lowest BCUT2D eigenvalue weighted by atomic mass is 9.97. The molecule has 0 aromatic heterocycles. The topological polar surface area (TPSA) is 258 Å². The third-order valence-electron chi connectivity index (χ3n) is 8.55. The molecule has 16 nitrogen and oxygen atoms in total. The largest absolute Gasteiger partial charge is 0.481 e. The quantitative estimate of drug-likeness (QED) is 0.0624. The fraction of sp³-hybridized carbons (Fsp3) is 0.735. The van der Waals surface area contributed by atoms with Gasteiger partial charge in [-0.15, -0.1) is 0 Å². The highest BCUT2D eigenvalue weighted by Gasteiger charge is 2.33. The van der Waals surface area contributed by atoms with E-state index in [4.69, 9.17) is 15.9 Å². The molecular weight excluding hydrogens is 650 g/mol. The van der Waals surface area contributed by atoms with E-state index < -0.39 is 84.1 Å². The summed E-state index contributed by atoms with van der Waals surface area (Å²) in [6, 6.07) is -5.14. The van der Waals surface area contributed by atoms with Crippen LogP contribution in [0.2, 0.25) is 0 Å². The fourth-order valence-electron chi connectivity index (χ4n) is 5.10. The predicted octanol–water partition coefficient (Wildman–Crippen LogP) is 0.503. The SMILES string of the molecule is CCC[C@H](NC(=O)[C@@H](NC(=O)/C(N)=C\CC(=O)O)[C@@H](C)CC)C(=O)N[C@H](CN[C@@H](C)C(=O)N[C@@H](CC1CC1)C(=O)N[C@@H](C)C(=O)O)CC(C)C. The number of nitrogens with one attached hydrogen (secondary N) is 6. The molecule has 284 valence electrons. The molecule has 1 rings (SSSR count). The maximum Gasteiger partial charge on any atom is 0.325 e. The van der Waals surface area contributed by atoms with Crippen LogP contribution in [0.5, 0.6) is 0 Å². The molecule has 7 atom stereocenters. The lowest BCUT2D eigenvalue weighted by Crippen LogP contribution is -2.58. The smallest absolute Gasteiger partial charge is 0.325 e. The molecule has 0 spiro atoms. The zero-order chi connectivity index (χ0) is 38.1. The van der Waals surface area contributed by atoms with E-state index in [2.05, 4.69) is 31.9 Å². The van der Waals surface area contributed by atoms with Crippen molar-refractivity contribution < 1.29 is 43.8 Å². The molecule has 0 bridgehead atoms. The van der Waals surface area contributed by atoms with E-state index in [1.165, 1.54) is 6.92 Å². The van der Waals surface area contributed by atoms with Gasteiger partial charge in [0.25, 0.3) is 5.91 Å². The molecule has 1 saturated carbocycles. The Morgan fingerprint density at radius 1 is 0.780 bits per heavy atom. The Bertz CT molecular complexity index is 1220. The summed E-state index contributed by atoms with van der Waals surface area (Å²) in [5, 5.41) is 34.6. The van der Waals surface area contributed by atoms with Crippen LogP contribution in [0.4, 0.5) is 0 Å². The number of amides is 5. The molecule has 1 fully saturated rings. The van der Waals surface area contributed by atoms with Gasteiger partial charge in [0.05, 0.1) is 18.2 Å². The summed E-state index contributed by atoms with van der Waals surface area (Å²) >= 11 is 0. The number of hydrogen-bond acceptors (Lipinski definition) is 9. The van der Waals surface area contributed by atoms with E-state index >= 15 is 0 Å². The Balaban J connectivity index is 2.96. The summed E-state index contributed by atoms with van der Waals surface area (Å²) in [6.07, 6.45) is 4.81. The van der Waals surface area contributed by atoms with Gasteiger partial charge < -0.3 is 47.8 Å². The molecule has 0 aromatic rings. The van der Waals surface area contributed by atoms with Crippen LogP contribution in [0.25, 0.3) is 0 Å². The number of carbonyl (C=O) groups is 7. The number of hydrogen-bond donors (Lipinski definition) is 9. The normalized spacial score (nSPS) is 17.2. The van der Waals surface area contributed by atoms with Crippen molar-refractivity contribution in [1.29, 1.82) is 0 Å². The van der Waals surface area contributed by atoms with Crippen LogP contribution in [0, 0.1) is 17.8 Å². The zero-order valence-corrected chi connectivity index (χ0v) is 30.5. The van der Waals surface area contributed by atoms with E-state index in [1.807, 2.05) is 27.7 Å². The van der Waals surface area contributed by atoms with Crippen molar-refractivity contribution >= 4 is 41.5 Å². The van der Waals surface area contributed by atoms with Crippen LogP contribution in [0.1, 0.15) is 99.8 Å². The molecule has 1 aliphatic rings. The summed E-state index contributed by atoms with van der Waals surface area (Å²) in [5.41, 5.74) is 5.39. The first-order valence-electron chi connectivity index (χ1n) is 17.6. The maximum atomic E-state index is 13.6. The molecule has 1 aliphatic carbocycles. The van der Waals surface area contributed by atoms with E-state index in [9.17, 15) is 33.6 Å². The molecule has 0 radical (unpaired) electrons. The minimum Gasteiger partial charge on any atom is -0.481 e.